The van der Waals surface area contributed by atoms with Gasteiger partial charge in [-0.3, -0.25) is 4.79 Å². The van der Waals surface area contributed by atoms with Gasteiger partial charge in [0, 0.05) is 0 Å². The largest absolute Gasteiger partial charge is 0.491 e. The van der Waals surface area contributed by atoms with E-state index in [1.54, 1.807) is 6.92 Å². The SMILES string of the molecule is CCCOc1ccc(C(F)(F)F)cc1NC(=O)c1ccoc1C. The second-order valence-corrected chi connectivity index (χ2v) is 4.90. The average Bonchev–Trinajstić information content (AvgIpc) is 2.91. The van der Waals surface area contributed by atoms with E-state index in [9.17, 15) is 18.0 Å². The standard InChI is InChI=1S/C16H16F3NO3/c1-3-7-23-14-5-4-11(16(17,18)19)9-13(14)20-15(21)12-6-8-22-10(12)2/h4-6,8-9H,3,7H2,1-2H3,(H,20,21). The zero-order valence-electron chi connectivity index (χ0n) is 12.7. The molecule has 23 heavy (non-hydrogen) atoms. The number of ether oxygens (including phenoxy) is 1. The van der Waals surface area contributed by atoms with Crippen LogP contribution in [-0.4, -0.2) is 12.5 Å². The van der Waals surface area contributed by atoms with Crippen LogP contribution >= 0.6 is 0 Å². The Kier molecular flexibility index (Phi) is 4.98. The molecular weight excluding hydrogens is 311 g/mol. The van der Waals surface area contributed by atoms with E-state index in [2.05, 4.69) is 5.32 Å². The lowest BCUT2D eigenvalue weighted by Gasteiger charge is -2.15. The first-order chi connectivity index (χ1) is 10.8. The normalized spacial score (nSPS) is 11.3. The van der Waals surface area contributed by atoms with Crippen molar-refractivity contribution < 1.29 is 27.1 Å². The summed E-state index contributed by atoms with van der Waals surface area (Å²) in [7, 11) is 0. The fraction of sp³-hybridized carbons (Fsp3) is 0.312. The second kappa shape index (κ2) is 6.76. The van der Waals surface area contributed by atoms with Crippen LogP contribution in [0.25, 0.3) is 0 Å². The fourth-order valence-corrected chi connectivity index (χ4v) is 1.95. The first-order valence-electron chi connectivity index (χ1n) is 7.02. The number of benzene rings is 1. The number of nitrogens with one attached hydrogen (secondary N) is 1. The minimum absolute atomic E-state index is 0.0288. The third kappa shape index (κ3) is 4.06. The highest BCUT2D eigenvalue weighted by molar-refractivity contribution is 6.05. The predicted molar refractivity (Wildman–Crippen MR) is 78.6 cm³/mol. The molecule has 124 valence electrons. The van der Waals surface area contributed by atoms with E-state index >= 15 is 0 Å². The van der Waals surface area contributed by atoms with Crippen LogP contribution in [0.4, 0.5) is 18.9 Å². The van der Waals surface area contributed by atoms with Crippen LogP contribution in [0.5, 0.6) is 5.75 Å². The van der Waals surface area contributed by atoms with Crippen molar-refractivity contribution >= 4 is 11.6 Å². The molecule has 0 fully saturated rings. The molecule has 1 amide bonds. The Labute approximate surface area is 131 Å². The molecule has 1 aromatic heterocycles. The molecule has 0 unspecified atom stereocenters. The number of halogens is 3. The van der Waals surface area contributed by atoms with E-state index in [-0.39, 0.29) is 17.0 Å². The van der Waals surface area contributed by atoms with Crippen molar-refractivity contribution in [2.24, 2.45) is 0 Å². The van der Waals surface area contributed by atoms with Gasteiger partial charge in [0.15, 0.2) is 0 Å². The molecule has 1 heterocycles. The number of aryl methyl sites for hydroxylation is 1. The molecule has 0 bridgehead atoms. The molecule has 0 spiro atoms. The number of amides is 1. The summed E-state index contributed by atoms with van der Waals surface area (Å²) in [6.07, 6.45) is -2.48. The first-order valence-corrected chi connectivity index (χ1v) is 7.02. The van der Waals surface area contributed by atoms with Gasteiger partial charge in [-0.1, -0.05) is 6.92 Å². The van der Waals surface area contributed by atoms with Gasteiger partial charge in [-0.25, -0.2) is 0 Å². The maximum atomic E-state index is 12.9. The summed E-state index contributed by atoms with van der Waals surface area (Å²) in [4.78, 5) is 12.2. The van der Waals surface area contributed by atoms with Gasteiger partial charge in [0.2, 0.25) is 0 Å². The molecule has 0 saturated carbocycles. The summed E-state index contributed by atoms with van der Waals surface area (Å²) in [5.74, 6) is 0.0109. The Morgan fingerprint density at radius 3 is 2.61 bits per heavy atom. The van der Waals surface area contributed by atoms with Gasteiger partial charge in [0.05, 0.1) is 29.7 Å². The molecule has 7 heteroatoms. The molecule has 0 aliphatic heterocycles. The van der Waals surface area contributed by atoms with E-state index in [4.69, 9.17) is 9.15 Å². The summed E-state index contributed by atoms with van der Waals surface area (Å²) >= 11 is 0. The second-order valence-electron chi connectivity index (χ2n) is 4.90. The lowest BCUT2D eigenvalue weighted by atomic mass is 10.1. The van der Waals surface area contributed by atoms with E-state index in [1.807, 2.05) is 6.92 Å². The lowest BCUT2D eigenvalue weighted by Crippen LogP contribution is -2.15. The number of hydrogen-bond acceptors (Lipinski definition) is 3. The van der Waals surface area contributed by atoms with Gasteiger partial charge in [-0.05, 0) is 37.6 Å². The Hall–Kier alpha value is -2.44. The number of anilines is 1. The minimum Gasteiger partial charge on any atom is -0.491 e. The van der Waals surface area contributed by atoms with Crippen LogP contribution in [0.2, 0.25) is 0 Å². The van der Waals surface area contributed by atoms with Crippen molar-refractivity contribution in [2.45, 2.75) is 26.4 Å². The number of carbonyl (C=O) groups excluding carboxylic acids is 1. The first kappa shape index (κ1) is 16.9. The number of carbonyl (C=O) groups is 1. The summed E-state index contributed by atoms with van der Waals surface area (Å²) in [6.45, 7) is 3.80. The van der Waals surface area contributed by atoms with Gasteiger partial charge in [0.1, 0.15) is 11.5 Å². The number of rotatable bonds is 5. The quantitative estimate of drug-likeness (QED) is 0.870. The Morgan fingerprint density at radius 2 is 2.04 bits per heavy atom. The van der Waals surface area contributed by atoms with Crippen molar-refractivity contribution in [1.29, 1.82) is 0 Å². The molecule has 0 aliphatic carbocycles. The maximum absolute atomic E-state index is 12.9. The number of alkyl halides is 3. The van der Waals surface area contributed by atoms with E-state index in [0.717, 1.165) is 12.1 Å². The molecule has 2 rings (SSSR count). The highest BCUT2D eigenvalue weighted by Gasteiger charge is 2.31. The van der Waals surface area contributed by atoms with Crippen LogP contribution in [0.15, 0.2) is 34.9 Å². The van der Waals surface area contributed by atoms with Crippen molar-refractivity contribution in [3.63, 3.8) is 0 Å². The van der Waals surface area contributed by atoms with E-state index < -0.39 is 17.6 Å². The van der Waals surface area contributed by atoms with Crippen molar-refractivity contribution in [2.75, 3.05) is 11.9 Å². The molecule has 2 aromatic rings. The third-order valence-corrected chi connectivity index (χ3v) is 3.12. The van der Waals surface area contributed by atoms with Gasteiger partial charge in [-0.15, -0.1) is 0 Å². The number of furan rings is 1. The van der Waals surface area contributed by atoms with Crippen molar-refractivity contribution in [1.82, 2.24) is 0 Å². The zero-order valence-corrected chi connectivity index (χ0v) is 12.7. The molecule has 1 aromatic carbocycles. The predicted octanol–water partition coefficient (Wildman–Crippen LogP) is 4.65. The molecule has 0 aliphatic rings. The topological polar surface area (TPSA) is 51.5 Å². The van der Waals surface area contributed by atoms with Gasteiger partial charge < -0.3 is 14.5 Å². The highest BCUT2D eigenvalue weighted by Crippen LogP contribution is 2.35. The molecule has 4 nitrogen and oxygen atoms in total. The molecular formula is C16H16F3NO3. The van der Waals surface area contributed by atoms with Gasteiger partial charge >= 0.3 is 6.18 Å². The average molecular weight is 327 g/mol. The fourth-order valence-electron chi connectivity index (χ4n) is 1.95. The van der Waals surface area contributed by atoms with E-state index in [0.29, 0.717) is 18.8 Å². The molecule has 0 atom stereocenters. The minimum atomic E-state index is -4.51. The highest BCUT2D eigenvalue weighted by atomic mass is 19.4. The summed E-state index contributed by atoms with van der Waals surface area (Å²) < 4.78 is 49.0. The third-order valence-electron chi connectivity index (χ3n) is 3.12. The summed E-state index contributed by atoms with van der Waals surface area (Å²) in [6, 6.07) is 4.43. The lowest BCUT2D eigenvalue weighted by molar-refractivity contribution is -0.137. The summed E-state index contributed by atoms with van der Waals surface area (Å²) in [5.41, 5.74) is -0.636. The molecule has 1 N–H and O–H groups in total. The van der Waals surface area contributed by atoms with Gasteiger partial charge in [-0.2, -0.15) is 13.2 Å². The Bertz CT molecular complexity index is 692. The Morgan fingerprint density at radius 1 is 1.30 bits per heavy atom. The van der Waals surface area contributed by atoms with E-state index in [1.165, 1.54) is 18.4 Å². The van der Waals surface area contributed by atoms with Crippen LogP contribution in [0.3, 0.4) is 0 Å². The maximum Gasteiger partial charge on any atom is 0.416 e. The molecule has 0 radical (unpaired) electrons. The van der Waals surface area contributed by atoms with Crippen molar-refractivity contribution in [3.05, 3.63) is 47.4 Å². The van der Waals surface area contributed by atoms with Crippen LogP contribution in [0, 0.1) is 6.92 Å². The van der Waals surface area contributed by atoms with Crippen LogP contribution in [-0.2, 0) is 6.18 Å². The zero-order chi connectivity index (χ0) is 17.0. The smallest absolute Gasteiger partial charge is 0.416 e. The van der Waals surface area contributed by atoms with Crippen LogP contribution < -0.4 is 10.1 Å². The van der Waals surface area contributed by atoms with Gasteiger partial charge in [0.25, 0.3) is 5.91 Å². The van der Waals surface area contributed by atoms with Crippen molar-refractivity contribution in [3.8, 4) is 5.75 Å². The monoisotopic (exact) mass is 327 g/mol. The van der Waals surface area contributed by atoms with Crippen LogP contribution in [0.1, 0.15) is 35.0 Å². The molecule has 0 saturated heterocycles. The Balaban J connectivity index is 2.33. The number of hydrogen-bond donors (Lipinski definition) is 1. The summed E-state index contributed by atoms with van der Waals surface area (Å²) in [5, 5.41) is 2.45.